The Morgan fingerprint density at radius 2 is 0.966 bits per heavy atom. The SMILES string of the molecule is CCCCCCCCC1=C(CCCCCCCC)C(CCCCCCCC)CC1. The molecule has 0 saturated carbocycles. The van der Waals surface area contributed by atoms with Gasteiger partial charge in [-0.05, 0) is 50.9 Å². The molecular formula is C29H56. The molecule has 0 radical (unpaired) electrons. The smallest absolute Gasteiger partial charge is 0.0198 e. The van der Waals surface area contributed by atoms with Crippen LogP contribution >= 0.6 is 0 Å². The molecule has 0 aromatic carbocycles. The minimum atomic E-state index is 0.965. The van der Waals surface area contributed by atoms with Gasteiger partial charge in [0.15, 0.2) is 0 Å². The van der Waals surface area contributed by atoms with Crippen molar-refractivity contribution < 1.29 is 0 Å². The molecule has 0 fully saturated rings. The lowest BCUT2D eigenvalue weighted by atomic mass is 9.89. The highest BCUT2D eigenvalue weighted by molar-refractivity contribution is 5.23. The normalized spacial score (nSPS) is 16.9. The quantitative estimate of drug-likeness (QED) is 0.132. The topological polar surface area (TPSA) is 0 Å². The average Bonchev–Trinajstić information content (AvgIpc) is 3.11. The van der Waals surface area contributed by atoms with E-state index in [9.17, 15) is 0 Å². The van der Waals surface area contributed by atoms with E-state index in [1.165, 1.54) is 148 Å². The van der Waals surface area contributed by atoms with Crippen LogP contribution in [-0.2, 0) is 0 Å². The highest BCUT2D eigenvalue weighted by Gasteiger charge is 2.24. The van der Waals surface area contributed by atoms with Crippen molar-refractivity contribution in [3.63, 3.8) is 0 Å². The Balaban J connectivity index is 2.38. The maximum absolute atomic E-state index is 2.32. The minimum absolute atomic E-state index is 0.965. The van der Waals surface area contributed by atoms with E-state index in [0.29, 0.717) is 0 Å². The Morgan fingerprint density at radius 1 is 0.517 bits per heavy atom. The van der Waals surface area contributed by atoms with Crippen LogP contribution in [0.4, 0.5) is 0 Å². The van der Waals surface area contributed by atoms with Crippen molar-refractivity contribution in [1.82, 2.24) is 0 Å². The lowest BCUT2D eigenvalue weighted by Gasteiger charge is -2.16. The highest BCUT2D eigenvalue weighted by atomic mass is 14.3. The van der Waals surface area contributed by atoms with Crippen LogP contribution in [0, 0.1) is 5.92 Å². The fourth-order valence-corrected chi connectivity index (χ4v) is 5.34. The first-order chi connectivity index (χ1) is 14.3. The van der Waals surface area contributed by atoms with Crippen LogP contribution in [0.3, 0.4) is 0 Å². The summed E-state index contributed by atoms with van der Waals surface area (Å²) in [5.41, 5.74) is 3.88. The van der Waals surface area contributed by atoms with E-state index in [4.69, 9.17) is 0 Å². The molecule has 172 valence electrons. The van der Waals surface area contributed by atoms with Gasteiger partial charge in [-0.25, -0.2) is 0 Å². The molecule has 0 nitrogen and oxygen atoms in total. The van der Waals surface area contributed by atoms with Gasteiger partial charge >= 0.3 is 0 Å². The fraction of sp³-hybridized carbons (Fsp3) is 0.931. The van der Waals surface area contributed by atoms with Gasteiger partial charge in [-0.15, -0.1) is 0 Å². The van der Waals surface area contributed by atoms with Gasteiger partial charge in [0.25, 0.3) is 0 Å². The second kappa shape index (κ2) is 19.7. The lowest BCUT2D eigenvalue weighted by Crippen LogP contribution is -2.01. The monoisotopic (exact) mass is 404 g/mol. The maximum atomic E-state index is 2.32. The number of unbranched alkanes of at least 4 members (excludes halogenated alkanes) is 15. The van der Waals surface area contributed by atoms with Crippen molar-refractivity contribution in [2.24, 2.45) is 5.92 Å². The van der Waals surface area contributed by atoms with E-state index in [1.54, 1.807) is 0 Å². The first-order valence-electron chi connectivity index (χ1n) is 14.0. The van der Waals surface area contributed by atoms with Crippen LogP contribution in [0.1, 0.15) is 168 Å². The van der Waals surface area contributed by atoms with Gasteiger partial charge < -0.3 is 0 Å². The van der Waals surface area contributed by atoms with Gasteiger partial charge in [0.2, 0.25) is 0 Å². The third-order valence-electron chi connectivity index (χ3n) is 7.28. The zero-order valence-electron chi connectivity index (χ0n) is 20.8. The van der Waals surface area contributed by atoms with Crippen LogP contribution < -0.4 is 0 Å². The zero-order valence-corrected chi connectivity index (χ0v) is 20.8. The highest BCUT2D eigenvalue weighted by Crippen LogP contribution is 2.40. The second-order valence-electron chi connectivity index (χ2n) is 9.96. The van der Waals surface area contributed by atoms with Crippen LogP contribution in [-0.4, -0.2) is 0 Å². The average molecular weight is 405 g/mol. The number of rotatable bonds is 21. The number of hydrogen-bond donors (Lipinski definition) is 0. The summed E-state index contributed by atoms with van der Waals surface area (Å²) in [6, 6.07) is 0. The molecule has 0 aromatic heterocycles. The van der Waals surface area contributed by atoms with Crippen molar-refractivity contribution in [1.29, 1.82) is 0 Å². The van der Waals surface area contributed by atoms with Crippen molar-refractivity contribution in [3.05, 3.63) is 11.1 Å². The zero-order chi connectivity index (χ0) is 21.0. The molecule has 1 aliphatic carbocycles. The first kappa shape index (κ1) is 26.8. The van der Waals surface area contributed by atoms with Crippen molar-refractivity contribution >= 4 is 0 Å². The Hall–Kier alpha value is -0.260. The molecule has 0 heteroatoms. The van der Waals surface area contributed by atoms with Gasteiger partial charge in [0.05, 0.1) is 0 Å². The first-order valence-corrected chi connectivity index (χ1v) is 14.0. The third-order valence-corrected chi connectivity index (χ3v) is 7.28. The van der Waals surface area contributed by atoms with Gasteiger partial charge in [-0.3, -0.25) is 0 Å². The molecular weight excluding hydrogens is 348 g/mol. The molecule has 0 saturated heterocycles. The summed E-state index contributed by atoms with van der Waals surface area (Å²) in [4.78, 5) is 0. The summed E-state index contributed by atoms with van der Waals surface area (Å²) >= 11 is 0. The standard InChI is InChI=1S/C29H56/c1-4-7-10-13-16-19-22-27-25-26-28(23-20-17-14-11-8-5-2)29(27)24-21-18-15-12-9-6-3/h27H,4-26H2,1-3H3. The summed E-state index contributed by atoms with van der Waals surface area (Å²) in [7, 11) is 0. The number of hydrogen-bond acceptors (Lipinski definition) is 0. The molecule has 0 N–H and O–H groups in total. The molecule has 1 unspecified atom stereocenters. The van der Waals surface area contributed by atoms with Gasteiger partial charge in [-0.1, -0.05) is 135 Å². The minimum Gasteiger partial charge on any atom is -0.0707 e. The van der Waals surface area contributed by atoms with E-state index in [0.717, 1.165) is 5.92 Å². The van der Waals surface area contributed by atoms with Crippen molar-refractivity contribution in [2.75, 3.05) is 0 Å². The molecule has 1 aliphatic rings. The Labute approximate surface area is 185 Å². The van der Waals surface area contributed by atoms with Gasteiger partial charge in [0.1, 0.15) is 0 Å². The molecule has 0 amide bonds. The van der Waals surface area contributed by atoms with Gasteiger partial charge in [-0.2, -0.15) is 0 Å². The van der Waals surface area contributed by atoms with Crippen LogP contribution in [0.2, 0.25) is 0 Å². The van der Waals surface area contributed by atoms with E-state index in [-0.39, 0.29) is 0 Å². The third kappa shape index (κ3) is 13.6. The molecule has 0 spiro atoms. The summed E-state index contributed by atoms with van der Waals surface area (Å²) in [6.07, 6.45) is 33.4. The van der Waals surface area contributed by atoms with Crippen LogP contribution in [0.15, 0.2) is 11.1 Å². The summed E-state index contributed by atoms with van der Waals surface area (Å²) in [5.74, 6) is 0.965. The predicted octanol–water partition coefficient (Wildman–Crippen LogP) is 10.9. The predicted molar refractivity (Wildman–Crippen MR) is 134 cm³/mol. The molecule has 0 heterocycles. The Morgan fingerprint density at radius 3 is 1.52 bits per heavy atom. The van der Waals surface area contributed by atoms with Crippen LogP contribution in [0.5, 0.6) is 0 Å². The summed E-state index contributed by atoms with van der Waals surface area (Å²) in [6.45, 7) is 6.97. The van der Waals surface area contributed by atoms with E-state index in [2.05, 4.69) is 20.8 Å². The van der Waals surface area contributed by atoms with Gasteiger partial charge in [0, 0.05) is 0 Å². The second-order valence-corrected chi connectivity index (χ2v) is 9.96. The van der Waals surface area contributed by atoms with E-state index in [1.807, 2.05) is 11.1 Å². The molecule has 1 rings (SSSR count). The van der Waals surface area contributed by atoms with Crippen LogP contribution in [0.25, 0.3) is 0 Å². The van der Waals surface area contributed by atoms with Crippen molar-refractivity contribution in [3.8, 4) is 0 Å². The van der Waals surface area contributed by atoms with E-state index >= 15 is 0 Å². The Kier molecular flexibility index (Phi) is 18.2. The number of allylic oxidation sites excluding steroid dienone is 2. The molecule has 0 aliphatic heterocycles. The molecule has 0 aromatic rings. The molecule has 1 atom stereocenters. The summed E-state index contributed by atoms with van der Waals surface area (Å²) in [5, 5.41) is 0. The maximum Gasteiger partial charge on any atom is -0.0198 e. The van der Waals surface area contributed by atoms with E-state index < -0.39 is 0 Å². The Bertz CT molecular complexity index is 377. The molecule has 0 bridgehead atoms. The molecule has 29 heavy (non-hydrogen) atoms. The lowest BCUT2D eigenvalue weighted by molar-refractivity contribution is 0.482. The summed E-state index contributed by atoms with van der Waals surface area (Å²) < 4.78 is 0. The fourth-order valence-electron chi connectivity index (χ4n) is 5.34. The van der Waals surface area contributed by atoms with Crippen molar-refractivity contribution in [2.45, 2.75) is 168 Å². The largest absolute Gasteiger partial charge is 0.0707 e.